The molecule has 0 unspecified atom stereocenters. The lowest BCUT2D eigenvalue weighted by molar-refractivity contribution is 0.865. The number of H-pyrrole nitrogens is 1. The van der Waals surface area contributed by atoms with Crippen LogP contribution in [0.15, 0.2) is 79.8 Å². The topological polar surface area (TPSA) is 71.4 Å². The van der Waals surface area contributed by atoms with Crippen molar-refractivity contribution in [3.8, 4) is 11.4 Å². The molecule has 0 amide bonds. The Labute approximate surface area is 161 Å². The Morgan fingerprint density at radius 2 is 2.04 bits per heavy atom. The first-order chi connectivity index (χ1) is 13.8. The van der Waals surface area contributed by atoms with Gasteiger partial charge >= 0.3 is 0 Å². The van der Waals surface area contributed by atoms with Crippen LogP contribution in [0.25, 0.3) is 33.2 Å². The predicted molar refractivity (Wildman–Crippen MR) is 113 cm³/mol. The van der Waals surface area contributed by atoms with E-state index in [-0.39, 0.29) is 0 Å². The fourth-order valence-corrected chi connectivity index (χ4v) is 3.36. The van der Waals surface area contributed by atoms with Crippen LogP contribution in [0.4, 0.5) is 11.5 Å². The van der Waals surface area contributed by atoms with Gasteiger partial charge in [0, 0.05) is 41.1 Å². The zero-order valence-corrected chi connectivity index (χ0v) is 15.1. The second-order valence-electron chi connectivity index (χ2n) is 6.59. The molecule has 0 saturated heterocycles. The fourth-order valence-electron chi connectivity index (χ4n) is 3.36. The average Bonchev–Trinajstić information content (AvgIpc) is 3.35. The second-order valence-corrected chi connectivity index (χ2v) is 6.59. The van der Waals surface area contributed by atoms with Crippen molar-refractivity contribution in [1.82, 2.24) is 24.7 Å². The second kappa shape index (κ2) is 6.66. The maximum atomic E-state index is 4.70. The van der Waals surface area contributed by atoms with Gasteiger partial charge in [-0.1, -0.05) is 18.2 Å². The van der Waals surface area contributed by atoms with E-state index < -0.39 is 0 Å². The summed E-state index contributed by atoms with van der Waals surface area (Å²) in [5.41, 5.74) is 4.08. The van der Waals surface area contributed by atoms with Crippen molar-refractivity contribution in [3.05, 3.63) is 79.8 Å². The van der Waals surface area contributed by atoms with Crippen molar-refractivity contribution in [3.63, 3.8) is 0 Å². The van der Waals surface area contributed by atoms with Gasteiger partial charge in [0.25, 0.3) is 0 Å². The molecule has 2 aromatic carbocycles. The van der Waals surface area contributed by atoms with E-state index in [9.17, 15) is 0 Å². The molecule has 5 rings (SSSR count). The van der Waals surface area contributed by atoms with Crippen LogP contribution < -0.4 is 5.32 Å². The smallest absolute Gasteiger partial charge is 0.161 e. The summed E-state index contributed by atoms with van der Waals surface area (Å²) in [4.78, 5) is 9.16. The van der Waals surface area contributed by atoms with Crippen LogP contribution in [0, 0.1) is 0 Å². The molecule has 0 radical (unpaired) electrons. The summed E-state index contributed by atoms with van der Waals surface area (Å²) < 4.78 is 2.16. The van der Waals surface area contributed by atoms with Crippen LogP contribution in [-0.4, -0.2) is 24.7 Å². The van der Waals surface area contributed by atoms with Crippen molar-refractivity contribution >= 4 is 33.3 Å². The Hall–Kier alpha value is -3.93. The van der Waals surface area contributed by atoms with E-state index >= 15 is 0 Å². The normalized spacial score (nSPS) is 11.1. The molecule has 136 valence electrons. The van der Waals surface area contributed by atoms with E-state index in [4.69, 9.17) is 4.98 Å². The minimum atomic E-state index is 0.683. The monoisotopic (exact) mass is 366 g/mol. The van der Waals surface area contributed by atoms with Crippen molar-refractivity contribution < 1.29 is 0 Å². The van der Waals surface area contributed by atoms with Gasteiger partial charge in [0.05, 0.1) is 11.7 Å². The number of hydrogen-bond donors (Lipinski definition) is 2. The van der Waals surface area contributed by atoms with Gasteiger partial charge in [-0.15, -0.1) is 6.58 Å². The van der Waals surface area contributed by atoms with Crippen LogP contribution in [-0.2, 0) is 6.54 Å². The van der Waals surface area contributed by atoms with E-state index in [2.05, 4.69) is 62.1 Å². The van der Waals surface area contributed by atoms with Crippen LogP contribution >= 0.6 is 0 Å². The minimum absolute atomic E-state index is 0.683. The van der Waals surface area contributed by atoms with E-state index in [1.54, 1.807) is 12.4 Å². The lowest BCUT2D eigenvalue weighted by Gasteiger charge is -2.08. The largest absolute Gasteiger partial charge is 0.344 e. The maximum absolute atomic E-state index is 4.70. The summed E-state index contributed by atoms with van der Waals surface area (Å²) in [6, 6.07) is 16.3. The first-order valence-electron chi connectivity index (χ1n) is 9.03. The quantitative estimate of drug-likeness (QED) is 0.434. The van der Waals surface area contributed by atoms with Gasteiger partial charge in [-0.2, -0.15) is 5.10 Å². The number of aromatic amines is 1. The minimum Gasteiger partial charge on any atom is -0.344 e. The molecule has 0 aliphatic rings. The molecule has 0 aliphatic carbocycles. The highest BCUT2D eigenvalue weighted by atomic mass is 15.1. The zero-order valence-electron chi connectivity index (χ0n) is 15.1. The molecular formula is C22H18N6. The van der Waals surface area contributed by atoms with Gasteiger partial charge in [0.2, 0.25) is 0 Å². The van der Waals surface area contributed by atoms with Gasteiger partial charge in [0.15, 0.2) is 5.82 Å². The van der Waals surface area contributed by atoms with Crippen LogP contribution in [0.5, 0.6) is 0 Å². The first kappa shape index (κ1) is 16.3. The molecule has 0 aliphatic heterocycles. The van der Waals surface area contributed by atoms with Crippen molar-refractivity contribution in [2.75, 3.05) is 5.32 Å². The van der Waals surface area contributed by atoms with Crippen LogP contribution in [0.3, 0.4) is 0 Å². The highest BCUT2D eigenvalue weighted by molar-refractivity contribution is 5.85. The lowest BCUT2D eigenvalue weighted by Crippen LogP contribution is -1.97. The van der Waals surface area contributed by atoms with Crippen LogP contribution in [0.1, 0.15) is 0 Å². The summed E-state index contributed by atoms with van der Waals surface area (Å²) in [5, 5.41) is 12.6. The van der Waals surface area contributed by atoms with E-state index in [0.29, 0.717) is 5.82 Å². The third-order valence-electron chi connectivity index (χ3n) is 4.73. The Morgan fingerprint density at radius 1 is 1.07 bits per heavy atom. The predicted octanol–water partition coefficient (Wildman–Crippen LogP) is 4.90. The molecule has 0 atom stereocenters. The summed E-state index contributed by atoms with van der Waals surface area (Å²) in [6.07, 6.45) is 7.54. The van der Waals surface area contributed by atoms with E-state index in [1.807, 2.05) is 30.3 Å². The number of hydrogen-bond acceptors (Lipinski definition) is 4. The number of nitrogens with one attached hydrogen (secondary N) is 2. The van der Waals surface area contributed by atoms with Gasteiger partial charge in [-0.05, 0) is 41.8 Å². The Kier molecular flexibility index (Phi) is 3.87. The molecule has 0 spiro atoms. The number of nitrogens with zero attached hydrogens (tertiary/aromatic N) is 4. The third kappa shape index (κ3) is 2.91. The first-order valence-corrected chi connectivity index (χ1v) is 9.03. The number of anilines is 2. The average molecular weight is 366 g/mol. The van der Waals surface area contributed by atoms with Gasteiger partial charge < -0.3 is 9.88 Å². The Bertz CT molecular complexity index is 1300. The fraction of sp³-hybridized carbons (Fsp3) is 0.0455. The van der Waals surface area contributed by atoms with E-state index in [1.165, 1.54) is 5.39 Å². The lowest BCUT2D eigenvalue weighted by atomic mass is 10.1. The van der Waals surface area contributed by atoms with Gasteiger partial charge in [-0.3, -0.25) is 5.10 Å². The zero-order chi connectivity index (χ0) is 18.9. The SMILES string of the molecule is C=CCn1ccc2ccc(-c3nccc(Nc4ccc5[nH]ncc5c4)n3)cc21. The molecule has 0 bridgehead atoms. The molecule has 6 nitrogen and oxygen atoms in total. The molecule has 5 aromatic rings. The summed E-state index contributed by atoms with van der Waals surface area (Å²) in [5.74, 6) is 1.43. The number of allylic oxidation sites excluding steroid dienone is 1. The van der Waals surface area contributed by atoms with Gasteiger partial charge in [-0.25, -0.2) is 9.97 Å². The molecule has 0 saturated carbocycles. The van der Waals surface area contributed by atoms with Gasteiger partial charge in [0.1, 0.15) is 5.82 Å². The maximum Gasteiger partial charge on any atom is 0.161 e. The molecule has 6 heteroatoms. The van der Waals surface area contributed by atoms with Crippen LogP contribution in [0.2, 0.25) is 0 Å². The van der Waals surface area contributed by atoms with Crippen molar-refractivity contribution in [1.29, 1.82) is 0 Å². The molecule has 3 aromatic heterocycles. The summed E-state index contributed by atoms with van der Waals surface area (Å²) in [7, 11) is 0. The molecule has 28 heavy (non-hydrogen) atoms. The molecule has 2 N–H and O–H groups in total. The molecule has 0 fully saturated rings. The summed E-state index contributed by atoms with van der Waals surface area (Å²) in [6.45, 7) is 4.60. The third-order valence-corrected chi connectivity index (χ3v) is 4.73. The molecule has 3 heterocycles. The number of rotatable bonds is 5. The number of benzene rings is 2. The Balaban J connectivity index is 1.48. The highest BCUT2D eigenvalue weighted by Crippen LogP contribution is 2.25. The number of fused-ring (bicyclic) bond motifs is 2. The van der Waals surface area contributed by atoms with Crippen molar-refractivity contribution in [2.24, 2.45) is 0 Å². The van der Waals surface area contributed by atoms with Crippen molar-refractivity contribution in [2.45, 2.75) is 6.54 Å². The number of aromatic nitrogens is 5. The highest BCUT2D eigenvalue weighted by Gasteiger charge is 2.07. The molecular weight excluding hydrogens is 348 g/mol. The van der Waals surface area contributed by atoms with E-state index in [0.717, 1.165) is 40.0 Å². The Morgan fingerprint density at radius 3 is 2.96 bits per heavy atom. The standard InChI is InChI=1S/C22H18N6/c1-2-10-28-11-8-15-3-4-16(13-20(15)28)22-23-9-7-21(26-22)25-18-5-6-19-17(12-18)14-24-27-19/h2-9,11-14H,1,10H2,(H,24,27)(H,23,25,26). The summed E-state index contributed by atoms with van der Waals surface area (Å²) >= 11 is 0.